The van der Waals surface area contributed by atoms with Crippen LogP contribution in [0.5, 0.6) is 5.75 Å². The molecule has 0 saturated carbocycles. The Kier molecular flexibility index (Phi) is 7.98. The third-order valence-corrected chi connectivity index (χ3v) is 6.49. The molecule has 1 fully saturated rings. The molecule has 0 unspecified atom stereocenters. The molecule has 1 aliphatic heterocycles. The number of nitrogens with one attached hydrogen (secondary N) is 3. The predicted octanol–water partition coefficient (Wildman–Crippen LogP) is 4.78. The van der Waals surface area contributed by atoms with Crippen molar-refractivity contribution in [2.24, 2.45) is 5.92 Å². The summed E-state index contributed by atoms with van der Waals surface area (Å²) in [7, 11) is 0. The van der Waals surface area contributed by atoms with Gasteiger partial charge in [0.2, 0.25) is 11.8 Å². The molecule has 1 saturated heterocycles. The van der Waals surface area contributed by atoms with E-state index in [4.69, 9.17) is 16.3 Å². The molecule has 192 valence electrons. The number of carbonyl (C=O) groups is 3. The molecule has 3 aromatic rings. The van der Waals surface area contributed by atoms with Gasteiger partial charge in [0, 0.05) is 29.4 Å². The van der Waals surface area contributed by atoms with Gasteiger partial charge in [-0.25, -0.2) is 0 Å². The number of anilines is 3. The molecule has 9 heteroatoms. The highest BCUT2D eigenvalue weighted by Crippen LogP contribution is 2.29. The number of hydrazine groups is 1. The van der Waals surface area contributed by atoms with Gasteiger partial charge in [0.1, 0.15) is 5.75 Å². The lowest BCUT2D eigenvalue weighted by atomic mass is 10.1. The number of hydrogen-bond donors (Lipinski definition) is 3. The second-order valence-corrected chi connectivity index (χ2v) is 9.57. The van der Waals surface area contributed by atoms with Crippen LogP contribution in [0, 0.1) is 26.7 Å². The topological polar surface area (TPSA) is 99.8 Å². The minimum absolute atomic E-state index is 0.106. The molecular weight excluding hydrogens is 492 g/mol. The summed E-state index contributed by atoms with van der Waals surface area (Å²) < 4.78 is 5.69. The SMILES string of the molecule is Cc1ccc(N2C[C@@H](C(=O)NNc3cc(Cl)ccc3OCC(=O)Nc3ccc(C)c(C)c3)CC2=O)cc1. The Morgan fingerprint density at radius 2 is 1.76 bits per heavy atom. The van der Waals surface area contributed by atoms with Crippen LogP contribution < -0.4 is 25.8 Å². The van der Waals surface area contributed by atoms with Gasteiger partial charge in [0.25, 0.3) is 5.91 Å². The van der Waals surface area contributed by atoms with Crippen molar-refractivity contribution in [3.8, 4) is 5.75 Å². The Labute approximate surface area is 220 Å². The van der Waals surface area contributed by atoms with Crippen LogP contribution >= 0.6 is 11.6 Å². The number of nitrogens with zero attached hydrogens (tertiary/aromatic N) is 1. The van der Waals surface area contributed by atoms with Gasteiger partial charge in [-0.05, 0) is 74.4 Å². The molecule has 0 aliphatic carbocycles. The van der Waals surface area contributed by atoms with E-state index in [-0.39, 0.29) is 37.3 Å². The average Bonchev–Trinajstić information content (AvgIpc) is 3.26. The first-order valence-corrected chi connectivity index (χ1v) is 12.3. The second-order valence-electron chi connectivity index (χ2n) is 9.13. The lowest BCUT2D eigenvalue weighted by molar-refractivity contribution is -0.125. The predicted molar refractivity (Wildman–Crippen MR) is 145 cm³/mol. The second kappa shape index (κ2) is 11.3. The first-order valence-electron chi connectivity index (χ1n) is 11.9. The number of halogens is 1. The molecule has 0 bridgehead atoms. The van der Waals surface area contributed by atoms with Crippen molar-refractivity contribution in [3.05, 3.63) is 82.4 Å². The Morgan fingerprint density at radius 3 is 2.49 bits per heavy atom. The molecule has 1 heterocycles. The van der Waals surface area contributed by atoms with Gasteiger partial charge in [-0.1, -0.05) is 35.4 Å². The van der Waals surface area contributed by atoms with E-state index >= 15 is 0 Å². The number of aryl methyl sites for hydroxylation is 3. The number of benzene rings is 3. The molecule has 37 heavy (non-hydrogen) atoms. The van der Waals surface area contributed by atoms with Crippen LogP contribution in [-0.2, 0) is 14.4 Å². The summed E-state index contributed by atoms with van der Waals surface area (Å²) in [4.78, 5) is 39.4. The number of hydrogen-bond acceptors (Lipinski definition) is 5. The first-order chi connectivity index (χ1) is 17.7. The van der Waals surface area contributed by atoms with Gasteiger partial charge in [-0.2, -0.15) is 0 Å². The van der Waals surface area contributed by atoms with E-state index in [1.54, 1.807) is 23.1 Å². The van der Waals surface area contributed by atoms with Crippen LogP contribution in [0.4, 0.5) is 17.1 Å². The van der Waals surface area contributed by atoms with E-state index in [0.717, 1.165) is 22.4 Å². The summed E-state index contributed by atoms with van der Waals surface area (Å²) >= 11 is 6.14. The maximum atomic E-state index is 12.8. The highest BCUT2D eigenvalue weighted by atomic mass is 35.5. The fraction of sp³-hybridized carbons (Fsp3) is 0.250. The Hall–Kier alpha value is -4.04. The normalized spacial score (nSPS) is 14.9. The molecule has 0 aromatic heterocycles. The summed E-state index contributed by atoms with van der Waals surface area (Å²) in [6, 6.07) is 18.1. The monoisotopic (exact) mass is 520 g/mol. The molecular formula is C28H29ClN4O4. The number of ether oxygens (including phenoxy) is 1. The van der Waals surface area contributed by atoms with Crippen molar-refractivity contribution >= 4 is 46.4 Å². The maximum Gasteiger partial charge on any atom is 0.262 e. The first kappa shape index (κ1) is 26.0. The highest BCUT2D eigenvalue weighted by Gasteiger charge is 2.35. The van der Waals surface area contributed by atoms with Crippen molar-refractivity contribution in [2.75, 3.05) is 28.8 Å². The Balaban J connectivity index is 1.34. The number of rotatable bonds is 8. The fourth-order valence-electron chi connectivity index (χ4n) is 3.97. The van der Waals surface area contributed by atoms with E-state index in [1.165, 1.54) is 0 Å². The maximum absolute atomic E-state index is 12.8. The molecule has 1 atom stereocenters. The summed E-state index contributed by atoms with van der Waals surface area (Å²) in [5, 5.41) is 3.23. The van der Waals surface area contributed by atoms with Crippen LogP contribution in [0.15, 0.2) is 60.7 Å². The van der Waals surface area contributed by atoms with E-state index in [0.29, 0.717) is 22.1 Å². The average molecular weight is 521 g/mol. The lowest BCUT2D eigenvalue weighted by Gasteiger charge is -2.18. The molecule has 4 rings (SSSR count). The molecule has 0 radical (unpaired) electrons. The van der Waals surface area contributed by atoms with Crippen LogP contribution in [-0.4, -0.2) is 30.9 Å². The molecule has 3 aromatic carbocycles. The fourth-order valence-corrected chi connectivity index (χ4v) is 4.15. The van der Waals surface area contributed by atoms with E-state index in [2.05, 4.69) is 16.2 Å². The summed E-state index contributed by atoms with van der Waals surface area (Å²) in [5.74, 6) is -0.946. The standard InChI is InChI=1S/C28H29ClN4O4/c1-17-4-9-23(10-5-17)33-15-20(13-27(33)35)28(36)32-31-24-14-21(29)7-11-25(24)37-16-26(34)30-22-8-6-18(2)19(3)12-22/h4-12,14,20,31H,13,15-16H2,1-3H3,(H,30,34)(H,32,36)/t20-/m0/s1. The largest absolute Gasteiger partial charge is 0.482 e. The van der Waals surface area contributed by atoms with Crippen LogP contribution in [0.1, 0.15) is 23.1 Å². The van der Waals surface area contributed by atoms with Crippen molar-refractivity contribution < 1.29 is 19.1 Å². The minimum atomic E-state index is -0.520. The van der Waals surface area contributed by atoms with Gasteiger partial charge in [0.15, 0.2) is 6.61 Å². The van der Waals surface area contributed by atoms with Crippen molar-refractivity contribution in [1.82, 2.24) is 5.43 Å². The number of amides is 3. The zero-order valence-corrected chi connectivity index (χ0v) is 21.7. The third kappa shape index (κ3) is 6.59. The van der Waals surface area contributed by atoms with Crippen molar-refractivity contribution in [2.45, 2.75) is 27.2 Å². The third-order valence-electron chi connectivity index (χ3n) is 6.25. The minimum Gasteiger partial charge on any atom is -0.482 e. The van der Waals surface area contributed by atoms with Crippen molar-refractivity contribution in [3.63, 3.8) is 0 Å². The summed E-state index contributed by atoms with van der Waals surface area (Å²) in [5.41, 5.74) is 10.6. The van der Waals surface area contributed by atoms with Crippen LogP contribution in [0.3, 0.4) is 0 Å². The van der Waals surface area contributed by atoms with E-state index < -0.39 is 5.92 Å². The Morgan fingerprint density at radius 1 is 1.00 bits per heavy atom. The summed E-state index contributed by atoms with van der Waals surface area (Å²) in [6.07, 6.45) is 0.110. The zero-order valence-electron chi connectivity index (χ0n) is 20.9. The summed E-state index contributed by atoms with van der Waals surface area (Å²) in [6.45, 7) is 6.00. The quantitative estimate of drug-likeness (QED) is 0.371. The number of carbonyl (C=O) groups excluding carboxylic acids is 3. The smallest absolute Gasteiger partial charge is 0.262 e. The van der Waals surface area contributed by atoms with Crippen molar-refractivity contribution in [1.29, 1.82) is 0 Å². The molecule has 3 amide bonds. The lowest BCUT2D eigenvalue weighted by Crippen LogP contribution is -2.36. The molecule has 8 nitrogen and oxygen atoms in total. The van der Waals surface area contributed by atoms with Crippen LogP contribution in [0.2, 0.25) is 5.02 Å². The van der Waals surface area contributed by atoms with E-state index in [9.17, 15) is 14.4 Å². The zero-order chi connectivity index (χ0) is 26.5. The van der Waals surface area contributed by atoms with Crippen LogP contribution in [0.25, 0.3) is 0 Å². The van der Waals surface area contributed by atoms with Gasteiger partial charge in [-0.15, -0.1) is 0 Å². The van der Waals surface area contributed by atoms with E-state index in [1.807, 2.05) is 63.2 Å². The molecule has 1 aliphatic rings. The Bertz CT molecular complexity index is 1330. The molecule has 3 N–H and O–H groups in total. The van der Waals surface area contributed by atoms with Gasteiger partial charge in [-0.3, -0.25) is 25.2 Å². The van der Waals surface area contributed by atoms with Gasteiger partial charge < -0.3 is 15.0 Å². The van der Waals surface area contributed by atoms with Gasteiger partial charge >= 0.3 is 0 Å². The molecule has 0 spiro atoms. The highest BCUT2D eigenvalue weighted by molar-refractivity contribution is 6.31. The van der Waals surface area contributed by atoms with Gasteiger partial charge in [0.05, 0.1) is 11.6 Å².